The molecule has 1 amide bonds. The average Bonchev–Trinajstić information content (AvgIpc) is 3.36. The number of halogens is 3. The van der Waals surface area contributed by atoms with Crippen molar-refractivity contribution in [1.82, 2.24) is 20.2 Å². The molecule has 0 spiro atoms. The van der Waals surface area contributed by atoms with Crippen LogP contribution in [-0.4, -0.2) is 46.3 Å². The van der Waals surface area contributed by atoms with Gasteiger partial charge < -0.3 is 5.32 Å². The first kappa shape index (κ1) is 24.6. The number of hydrogen-bond acceptors (Lipinski definition) is 7. The van der Waals surface area contributed by atoms with Crippen molar-refractivity contribution in [2.24, 2.45) is 5.92 Å². The lowest BCUT2D eigenvalue weighted by atomic mass is 9.84. The molecule has 2 aromatic rings. The molecule has 3 heterocycles. The van der Waals surface area contributed by atoms with Crippen LogP contribution in [0.5, 0.6) is 0 Å². The molecule has 4 rings (SSSR count). The predicted molar refractivity (Wildman–Crippen MR) is 121 cm³/mol. The monoisotopic (exact) mass is 502 g/mol. The van der Waals surface area contributed by atoms with Gasteiger partial charge in [0.05, 0.1) is 17.1 Å². The molecule has 2 aliphatic rings. The Morgan fingerprint density at radius 2 is 2.06 bits per heavy atom. The highest BCUT2D eigenvalue weighted by Crippen LogP contribution is 2.30. The van der Waals surface area contributed by atoms with E-state index in [1.54, 1.807) is 17.5 Å². The number of aryl methyl sites for hydroxylation is 1. The van der Waals surface area contributed by atoms with E-state index in [0.29, 0.717) is 23.9 Å². The summed E-state index contributed by atoms with van der Waals surface area (Å²) >= 11 is 2.90. The van der Waals surface area contributed by atoms with Gasteiger partial charge in [-0.1, -0.05) is 0 Å². The summed E-state index contributed by atoms with van der Waals surface area (Å²) in [7, 11) is 0. The number of ether oxygens (including phenoxy) is 1. The van der Waals surface area contributed by atoms with E-state index in [9.17, 15) is 18.0 Å². The normalized spacial score (nSPS) is 21.7. The van der Waals surface area contributed by atoms with Crippen LogP contribution in [0.1, 0.15) is 57.6 Å². The number of carbonyl (C=O) groups is 1. The van der Waals surface area contributed by atoms with Gasteiger partial charge in [0.2, 0.25) is 5.91 Å². The van der Waals surface area contributed by atoms with Crippen molar-refractivity contribution in [1.29, 1.82) is 0 Å². The third-order valence-corrected chi connectivity index (χ3v) is 8.32. The number of aromatic nitrogens is 2. The van der Waals surface area contributed by atoms with Crippen LogP contribution >= 0.6 is 22.7 Å². The molecule has 1 saturated carbocycles. The average molecular weight is 503 g/mol. The Hall–Kier alpha value is -1.56. The lowest BCUT2D eigenvalue weighted by Crippen LogP contribution is -2.39. The van der Waals surface area contributed by atoms with E-state index in [1.807, 2.05) is 6.92 Å². The fraction of sp³-hybridized carbons (Fsp3) is 0.682. The van der Waals surface area contributed by atoms with E-state index in [-0.39, 0.29) is 11.9 Å². The molecule has 0 bridgehead atoms. The third kappa shape index (κ3) is 7.46. The molecule has 1 N–H and O–H groups in total. The summed E-state index contributed by atoms with van der Waals surface area (Å²) in [5.41, 5.74) is 0.898. The first-order chi connectivity index (χ1) is 15.7. The molecular formula is C22H29F3N4O2S2. The molecule has 0 saturated heterocycles. The minimum absolute atomic E-state index is 0.0782. The van der Waals surface area contributed by atoms with Crippen LogP contribution in [0.2, 0.25) is 0 Å². The second kappa shape index (κ2) is 10.8. The molecule has 0 unspecified atom stereocenters. The van der Waals surface area contributed by atoms with Crippen LogP contribution in [0.15, 0.2) is 6.20 Å². The standard InChI is InChI=1S/C22H29F3N4O2S2/c1-14-26-11-17(32-14)10-20(30)27-16-4-2-15(3-5-16)6-8-29-9-7-19-18(12-29)28-21(33-19)13-31-22(23,24)25/h11,15-16H,2-10,12-13H2,1H3,(H,27,30). The van der Waals surface area contributed by atoms with Gasteiger partial charge >= 0.3 is 6.36 Å². The predicted octanol–water partition coefficient (Wildman–Crippen LogP) is 4.61. The van der Waals surface area contributed by atoms with Gasteiger partial charge in [-0.25, -0.2) is 9.97 Å². The van der Waals surface area contributed by atoms with Gasteiger partial charge in [0, 0.05) is 35.1 Å². The second-order valence-electron chi connectivity index (χ2n) is 8.83. The summed E-state index contributed by atoms with van der Waals surface area (Å²) < 4.78 is 40.7. The summed E-state index contributed by atoms with van der Waals surface area (Å²) in [5.74, 6) is 0.726. The number of amides is 1. The maximum absolute atomic E-state index is 12.3. The summed E-state index contributed by atoms with van der Waals surface area (Å²) in [6.07, 6.45) is 3.74. The molecule has 0 atom stereocenters. The van der Waals surface area contributed by atoms with Crippen LogP contribution in [0.25, 0.3) is 0 Å². The van der Waals surface area contributed by atoms with Crippen LogP contribution < -0.4 is 5.32 Å². The number of rotatable bonds is 8. The molecule has 182 valence electrons. The van der Waals surface area contributed by atoms with Gasteiger partial charge in [-0.15, -0.1) is 35.8 Å². The smallest absolute Gasteiger partial charge is 0.353 e. The lowest BCUT2D eigenvalue weighted by molar-refractivity contribution is -0.330. The van der Waals surface area contributed by atoms with Crippen LogP contribution in [0, 0.1) is 12.8 Å². The minimum Gasteiger partial charge on any atom is -0.353 e. The molecule has 2 aromatic heterocycles. The third-order valence-electron chi connectivity index (χ3n) is 6.28. The zero-order chi connectivity index (χ0) is 23.4. The van der Waals surface area contributed by atoms with E-state index in [4.69, 9.17) is 0 Å². The van der Waals surface area contributed by atoms with E-state index in [1.165, 1.54) is 11.3 Å². The Kier molecular flexibility index (Phi) is 8.03. The highest BCUT2D eigenvalue weighted by Gasteiger charge is 2.30. The quantitative estimate of drug-likeness (QED) is 0.571. The van der Waals surface area contributed by atoms with Crippen molar-refractivity contribution in [3.8, 4) is 0 Å². The van der Waals surface area contributed by atoms with Gasteiger partial charge in [0.25, 0.3) is 0 Å². The maximum atomic E-state index is 12.3. The largest absolute Gasteiger partial charge is 0.522 e. The second-order valence-corrected chi connectivity index (χ2v) is 11.3. The Balaban J connectivity index is 1.15. The molecule has 0 radical (unpaired) electrons. The lowest BCUT2D eigenvalue weighted by Gasteiger charge is -2.32. The Morgan fingerprint density at radius 3 is 2.76 bits per heavy atom. The van der Waals surface area contributed by atoms with Crippen LogP contribution in [-0.2, 0) is 35.5 Å². The van der Waals surface area contributed by atoms with Crippen LogP contribution in [0.4, 0.5) is 13.2 Å². The van der Waals surface area contributed by atoms with Gasteiger partial charge in [0.15, 0.2) is 0 Å². The van der Waals surface area contributed by atoms with E-state index in [0.717, 1.165) is 72.1 Å². The van der Waals surface area contributed by atoms with Crippen molar-refractivity contribution < 1.29 is 22.7 Å². The van der Waals surface area contributed by atoms with Crippen LogP contribution in [0.3, 0.4) is 0 Å². The summed E-state index contributed by atoms with van der Waals surface area (Å²) in [6.45, 7) is 4.01. The molecular weight excluding hydrogens is 473 g/mol. The van der Waals surface area contributed by atoms with Crippen molar-refractivity contribution in [2.45, 2.75) is 77.4 Å². The topological polar surface area (TPSA) is 67.4 Å². The molecule has 1 aliphatic heterocycles. The number of fused-ring (bicyclic) bond motifs is 1. The highest BCUT2D eigenvalue weighted by molar-refractivity contribution is 7.12. The SMILES string of the molecule is Cc1ncc(CC(=O)NC2CCC(CCN3CCc4sc(COC(F)(F)F)nc4C3)CC2)s1. The van der Waals surface area contributed by atoms with E-state index >= 15 is 0 Å². The Labute approximate surface area is 199 Å². The van der Waals surface area contributed by atoms with Gasteiger partial charge in [0.1, 0.15) is 11.6 Å². The molecule has 1 aliphatic carbocycles. The van der Waals surface area contributed by atoms with Gasteiger partial charge in [-0.3, -0.25) is 14.4 Å². The number of nitrogens with one attached hydrogen (secondary N) is 1. The number of thiazole rings is 2. The van der Waals surface area contributed by atoms with E-state index in [2.05, 4.69) is 24.9 Å². The molecule has 0 aromatic carbocycles. The molecule has 6 nitrogen and oxygen atoms in total. The van der Waals surface area contributed by atoms with Gasteiger partial charge in [-0.05, 0) is 57.9 Å². The zero-order valence-corrected chi connectivity index (χ0v) is 20.3. The Morgan fingerprint density at radius 1 is 1.27 bits per heavy atom. The number of hydrogen-bond donors (Lipinski definition) is 1. The van der Waals surface area contributed by atoms with Gasteiger partial charge in [-0.2, -0.15) is 0 Å². The summed E-state index contributed by atoms with van der Waals surface area (Å²) in [4.78, 5) is 25.3. The highest BCUT2D eigenvalue weighted by atomic mass is 32.1. The molecule has 11 heteroatoms. The molecule has 33 heavy (non-hydrogen) atoms. The number of nitrogens with zero attached hydrogens (tertiary/aromatic N) is 3. The number of carbonyl (C=O) groups excluding carboxylic acids is 1. The maximum Gasteiger partial charge on any atom is 0.522 e. The van der Waals surface area contributed by atoms with Crippen molar-refractivity contribution in [3.05, 3.63) is 31.7 Å². The van der Waals surface area contributed by atoms with Crippen molar-refractivity contribution >= 4 is 28.6 Å². The number of alkyl halides is 3. The fourth-order valence-electron chi connectivity index (χ4n) is 4.59. The zero-order valence-electron chi connectivity index (χ0n) is 18.6. The first-order valence-corrected chi connectivity index (χ1v) is 13.0. The fourth-order valence-corrected chi connectivity index (χ4v) is 6.36. The Bertz CT molecular complexity index is 938. The summed E-state index contributed by atoms with van der Waals surface area (Å²) in [5, 5.41) is 4.55. The molecule has 1 fully saturated rings. The van der Waals surface area contributed by atoms with Crippen molar-refractivity contribution in [3.63, 3.8) is 0 Å². The summed E-state index contributed by atoms with van der Waals surface area (Å²) in [6, 6.07) is 0.257. The van der Waals surface area contributed by atoms with Crippen molar-refractivity contribution in [2.75, 3.05) is 13.1 Å². The first-order valence-electron chi connectivity index (χ1n) is 11.3. The van der Waals surface area contributed by atoms with E-state index < -0.39 is 13.0 Å². The minimum atomic E-state index is -4.62.